The van der Waals surface area contributed by atoms with Crippen LogP contribution < -0.4 is 4.74 Å². The van der Waals surface area contributed by atoms with Crippen LogP contribution >= 0.6 is 11.6 Å². The molecule has 0 fully saturated rings. The monoisotopic (exact) mass is 304 g/mol. The summed E-state index contributed by atoms with van der Waals surface area (Å²) in [4.78, 5) is 12.0. The number of aromatic hydroxyl groups is 2. The van der Waals surface area contributed by atoms with Gasteiger partial charge in [-0.15, -0.1) is 0 Å². The third kappa shape index (κ3) is 3.55. The number of rotatable bonds is 4. The molecule has 0 atom stereocenters. The minimum Gasteiger partial charge on any atom is -0.508 e. The summed E-state index contributed by atoms with van der Waals surface area (Å²) >= 11 is 5.87. The maximum absolute atomic E-state index is 12.0. The SMILES string of the molecule is COc1cc(/C=C/C(=O)c2cccc(O)c2)cc(Cl)c1O. The number of hydrogen-bond donors (Lipinski definition) is 2. The van der Waals surface area contributed by atoms with Crippen molar-refractivity contribution in [2.45, 2.75) is 0 Å². The average molecular weight is 305 g/mol. The van der Waals surface area contributed by atoms with Crippen LogP contribution in [0.4, 0.5) is 0 Å². The maximum atomic E-state index is 12.0. The van der Waals surface area contributed by atoms with Crippen LogP contribution in [0.3, 0.4) is 0 Å². The Bertz CT molecular complexity index is 707. The van der Waals surface area contributed by atoms with E-state index in [1.165, 1.54) is 31.4 Å². The van der Waals surface area contributed by atoms with Crippen molar-refractivity contribution in [3.05, 3.63) is 58.6 Å². The Balaban J connectivity index is 2.25. The highest BCUT2D eigenvalue weighted by molar-refractivity contribution is 6.32. The number of methoxy groups -OCH3 is 1. The number of carbonyl (C=O) groups is 1. The van der Waals surface area contributed by atoms with E-state index >= 15 is 0 Å². The van der Waals surface area contributed by atoms with Gasteiger partial charge in [-0.3, -0.25) is 4.79 Å². The lowest BCUT2D eigenvalue weighted by atomic mass is 10.1. The number of allylic oxidation sites excluding steroid dienone is 1. The normalized spacial score (nSPS) is 10.8. The highest BCUT2D eigenvalue weighted by Crippen LogP contribution is 2.35. The smallest absolute Gasteiger partial charge is 0.185 e. The molecule has 0 saturated carbocycles. The Kier molecular flexibility index (Phi) is 4.50. The predicted molar refractivity (Wildman–Crippen MR) is 81.1 cm³/mol. The molecule has 4 nitrogen and oxygen atoms in total. The molecular weight excluding hydrogens is 292 g/mol. The number of halogens is 1. The van der Waals surface area contributed by atoms with Crippen LogP contribution in [-0.4, -0.2) is 23.1 Å². The van der Waals surface area contributed by atoms with E-state index in [-0.39, 0.29) is 28.1 Å². The van der Waals surface area contributed by atoms with E-state index in [2.05, 4.69) is 0 Å². The van der Waals surface area contributed by atoms with E-state index in [0.29, 0.717) is 11.1 Å². The summed E-state index contributed by atoms with van der Waals surface area (Å²) in [5, 5.41) is 19.1. The van der Waals surface area contributed by atoms with Gasteiger partial charge in [0, 0.05) is 5.56 Å². The molecular formula is C16H13ClO4. The van der Waals surface area contributed by atoms with Gasteiger partial charge in [0.05, 0.1) is 12.1 Å². The van der Waals surface area contributed by atoms with E-state index in [4.69, 9.17) is 16.3 Å². The molecule has 21 heavy (non-hydrogen) atoms. The predicted octanol–water partition coefficient (Wildman–Crippen LogP) is 3.66. The Morgan fingerprint density at radius 3 is 2.67 bits per heavy atom. The van der Waals surface area contributed by atoms with E-state index in [1.807, 2.05) is 0 Å². The molecule has 2 rings (SSSR count). The molecule has 0 spiro atoms. The summed E-state index contributed by atoms with van der Waals surface area (Å²) in [6.07, 6.45) is 2.91. The molecule has 0 radical (unpaired) electrons. The number of carbonyl (C=O) groups excluding carboxylic acids is 1. The van der Waals surface area contributed by atoms with Gasteiger partial charge in [-0.05, 0) is 35.9 Å². The van der Waals surface area contributed by atoms with Gasteiger partial charge in [0.15, 0.2) is 17.3 Å². The zero-order chi connectivity index (χ0) is 15.4. The van der Waals surface area contributed by atoms with E-state index in [0.717, 1.165) is 0 Å². The first-order valence-corrected chi connectivity index (χ1v) is 6.47. The van der Waals surface area contributed by atoms with E-state index in [1.54, 1.807) is 24.3 Å². The van der Waals surface area contributed by atoms with Gasteiger partial charge < -0.3 is 14.9 Å². The summed E-state index contributed by atoms with van der Waals surface area (Å²) in [5.41, 5.74) is 0.992. The molecule has 0 unspecified atom stereocenters. The molecule has 0 aliphatic rings. The number of phenolic OH excluding ortho intramolecular Hbond substituents is 2. The summed E-state index contributed by atoms with van der Waals surface area (Å²) in [6.45, 7) is 0. The van der Waals surface area contributed by atoms with Crippen LogP contribution in [0, 0.1) is 0 Å². The van der Waals surface area contributed by atoms with Crippen molar-refractivity contribution in [2.24, 2.45) is 0 Å². The molecule has 2 aromatic rings. The van der Waals surface area contributed by atoms with Gasteiger partial charge >= 0.3 is 0 Å². The number of phenols is 2. The summed E-state index contributed by atoms with van der Waals surface area (Å²) in [7, 11) is 1.41. The fourth-order valence-electron chi connectivity index (χ4n) is 1.77. The standard InChI is InChI=1S/C16H13ClO4/c1-21-15-8-10(7-13(17)16(15)20)5-6-14(19)11-3-2-4-12(18)9-11/h2-9,18,20H,1H3/b6-5+. The molecule has 0 heterocycles. The Morgan fingerprint density at radius 2 is 2.00 bits per heavy atom. The second-order valence-corrected chi connectivity index (χ2v) is 4.71. The molecule has 0 amide bonds. The first-order valence-electron chi connectivity index (χ1n) is 6.09. The van der Waals surface area contributed by atoms with Crippen LogP contribution in [0.5, 0.6) is 17.2 Å². The number of hydrogen-bond acceptors (Lipinski definition) is 4. The topological polar surface area (TPSA) is 66.8 Å². The number of benzene rings is 2. The van der Waals surface area contributed by atoms with Crippen LogP contribution in [0.25, 0.3) is 6.08 Å². The summed E-state index contributed by atoms with van der Waals surface area (Å²) in [5.74, 6) is -0.139. The van der Waals surface area contributed by atoms with E-state index < -0.39 is 0 Å². The van der Waals surface area contributed by atoms with Crippen molar-refractivity contribution in [1.82, 2.24) is 0 Å². The zero-order valence-electron chi connectivity index (χ0n) is 11.2. The minimum atomic E-state index is -0.255. The second kappa shape index (κ2) is 6.33. The van der Waals surface area contributed by atoms with Crippen molar-refractivity contribution in [1.29, 1.82) is 0 Å². The highest BCUT2D eigenvalue weighted by Gasteiger charge is 2.08. The van der Waals surface area contributed by atoms with Crippen LogP contribution in [0.1, 0.15) is 15.9 Å². The molecule has 2 N–H and O–H groups in total. The molecule has 0 aliphatic carbocycles. The fraction of sp³-hybridized carbons (Fsp3) is 0.0625. The Morgan fingerprint density at radius 1 is 1.24 bits per heavy atom. The zero-order valence-corrected chi connectivity index (χ0v) is 12.0. The molecule has 0 bridgehead atoms. The van der Waals surface area contributed by atoms with Crippen molar-refractivity contribution in [3.63, 3.8) is 0 Å². The lowest BCUT2D eigenvalue weighted by Gasteiger charge is -2.06. The summed E-state index contributed by atoms with van der Waals surface area (Å²) < 4.78 is 4.99. The van der Waals surface area contributed by atoms with Gasteiger partial charge in [0.25, 0.3) is 0 Å². The Hall–Kier alpha value is -2.46. The highest BCUT2D eigenvalue weighted by atomic mass is 35.5. The van der Waals surface area contributed by atoms with Crippen molar-refractivity contribution in [3.8, 4) is 17.2 Å². The summed E-state index contributed by atoms with van der Waals surface area (Å²) in [6, 6.07) is 9.16. The first-order chi connectivity index (χ1) is 10.0. The van der Waals surface area contributed by atoms with Crippen molar-refractivity contribution >= 4 is 23.5 Å². The van der Waals surface area contributed by atoms with Gasteiger partial charge in [0.2, 0.25) is 0 Å². The molecule has 5 heteroatoms. The van der Waals surface area contributed by atoms with E-state index in [9.17, 15) is 15.0 Å². The van der Waals surface area contributed by atoms with Gasteiger partial charge in [-0.1, -0.05) is 29.8 Å². The quantitative estimate of drug-likeness (QED) is 0.668. The Labute approximate surface area is 126 Å². The van der Waals surface area contributed by atoms with Gasteiger partial charge in [-0.2, -0.15) is 0 Å². The second-order valence-electron chi connectivity index (χ2n) is 4.30. The molecule has 0 aromatic heterocycles. The lowest BCUT2D eigenvalue weighted by molar-refractivity contribution is 0.104. The first kappa shape index (κ1) is 14.9. The largest absolute Gasteiger partial charge is 0.508 e. The minimum absolute atomic E-state index is 0.0311. The van der Waals surface area contributed by atoms with Crippen LogP contribution in [-0.2, 0) is 0 Å². The molecule has 2 aromatic carbocycles. The number of ketones is 1. The van der Waals surface area contributed by atoms with Crippen molar-refractivity contribution < 1.29 is 19.7 Å². The van der Waals surface area contributed by atoms with Crippen LogP contribution in [0.15, 0.2) is 42.5 Å². The molecule has 108 valence electrons. The molecule has 0 saturated heterocycles. The van der Waals surface area contributed by atoms with Gasteiger partial charge in [0.1, 0.15) is 5.75 Å². The van der Waals surface area contributed by atoms with Gasteiger partial charge in [-0.25, -0.2) is 0 Å². The van der Waals surface area contributed by atoms with Crippen LogP contribution in [0.2, 0.25) is 5.02 Å². The molecule has 0 aliphatic heterocycles. The third-order valence-electron chi connectivity index (χ3n) is 2.83. The lowest BCUT2D eigenvalue weighted by Crippen LogP contribution is -1.93. The average Bonchev–Trinajstić information content (AvgIpc) is 2.48. The van der Waals surface area contributed by atoms with Crippen molar-refractivity contribution in [2.75, 3.05) is 7.11 Å². The maximum Gasteiger partial charge on any atom is 0.185 e. The third-order valence-corrected chi connectivity index (χ3v) is 3.12. The fourth-order valence-corrected chi connectivity index (χ4v) is 1.99. The number of ether oxygens (including phenoxy) is 1.